The predicted molar refractivity (Wildman–Crippen MR) is 160 cm³/mol. The first-order valence-corrected chi connectivity index (χ1v) is 14.2. The van der Waals surface area contributed by atoms with Gasteiger partial charge >= 0.3 is 5.91 Å². The summed E-state index contributed by atoms with van der Waals surface area (Å²) in [5.74, 6) is -0.0156. The minimum atomic E-state index is -0.990. The summed E-state index contributed by atoms with van der Waals surface area (Å²) in [5, 5.41) is 12.3. The number of anilines is 1. The highest BCUT2D eigenvalue weighted by atomic mass is 35.5. The zero-order valence-corrected chi connectivity index (χ0v) is 24.6. The van der Waals surface area contributed by atoms with Gasteiger partial charge in [-0.3, -0.25) is 14.5 Å². The van der Waals surface area contributed by atoms with E-state index in [2.05, 4.69) is 18.8 Å². The van der Waals surface area contributed by atoms with Crippen LogP contribution in [0.25, 0.3) is 16.0 Å². The third-order valence-corrected chi connectivity index (χ3v) is 8.04. The van der Waals surface area contributed by atoms with Crippen LogP contribution < -0.4 is 19.1 Å². The Balaban J connectivity index is 1.67. The summed E-state index contributed by atoms with van der Waals surface area (Å²) < 4.78 is 17.7. The van der Waals surface area contributed by atoms with E-state index in [1.165, 1.54) is 30.5 Å². The van der Waals surface area contributed by atoms with Crippen molar-refractivity contribution in [2.75, 3.05) is 25.7 Å². The van der Waals surface area contributed by atoms with Crippen LogP contribution in [0.1, 0.15) is 37.4 Å². The number of ketones is 1. The molecule has 1 aliphatic rings. The molecule has 1 N–H and O–H groups in total. The summed E-state index contributed by atoms with van der Waals surface area (Å²) in [5.41, 5.74) is 1.44. The molecule has 41 heavy (non-hydrogen) atoms. The molecule has 2 heterocycles. The number of aromatic nitrogens is 1. The van der Waals surface area contributed by atoms with Crippen LogP contribution in [-0.2, 0) is 9.59 Å². The van der Waals surface area contributed by atoms with Gasteiger partial charge in [0.15, 0.2) is 16.6 Å². The molecule has 212 valence electrons. The lowest BCUT2D eigenvalue weighted by Gasteiger charge is -2.24. The van der Waals surface area contributed by atoms with Crippen LogP contribution >= 0.6 is 22.9 Å². The maximum atomic E-state index is 13.6. The van der Waals surface area contributed by atoms with E-state index in [9.17, 15) is 14.7 Å². The number of nitrogens with zero attached hydrogens (tertiary/aromatic N) is 2. The molecule has 0 spiro atoms. The Morgan fingerprint density at radius 3 is 2.59 bits per heavy atom. The molecule has 1 aromatic heterocycles. The number of fused-ring (bicyclic) bond motifs is 1. The second kappa shape index (κ2) is 11.8. The normalized spacial score (nSPS) is 16.5. The number of thiazole rings is 1. The first-order chi connectivity index (χ1) is 19.7. The Kier molecular flexibility index (Phi) is 8.19. The summed E-state index contributed by atoms with van der Waals surface area (Å²) in [6.45, 7) is 4.74. The van der Waals surface area contributed by atoms with Gasteiger partial charge in [-0.15, -0.1) is 0 Å². The molecule has 1 saturated heterocycles. The maximum absolute atomic E-state index is 13.6. The SMILES string of the molecule is COc1cccc(/C(O)=C2\C(=O)C(=O)N(c3nc4ccc(Cl)cc4s3)C2c2ccc(OCCC(C)C)c(OC)c2)c1. The minimum absolute atomic E-state index is 0.0731. The van der Waals surface area contributed by atoms with E-state index in [1.54, 1.807) is 60.7 Å². The van der Waals surface area contributed by atoms with Crippen molar-refractivity contribution in [2.45, 2.75) is 26.3 Å². The van der Waals surface area contributed by atoms with Gasteiger partial charge in [0.2, 0.25) is 0 Å². The smallest absolute Gasteiger partial charge is 0.301 e. The lowest BCUT2D eigenvalue weighted by atomic mass is 9.95. The summed E-state index contributed by atoms with van der Waals surface area (Å²) >= 11 is 7.42. The quantitative estimate of drug-likeness (QED) is 0.127. The molecule has 10 heteroatoms. The summed E-state index contributed by atoms with van der Waals surface area (Å²) in [6, 6.07) is 16.1. The summed E-state index contributed by atoms with van der Waals surface area (Å²) in [4.78, 5) is 33.2. The number of amides is 1. The van der Waals surface area contributed by atoms with Crippen molar-refractivity contribution in [3.05, 3.63) is 82.4 Å². The van der Waals surface area contributed by atoms with Gasteiger partial charge in [0, 0.05) is 10.6 Å². The van der Waals surface area contributed by atoms with Crippen molar-refractivity contribution in [3.8, 4) is 17.2 Å². The van der Waals surface area contributed by atoms with Crippen molar-refractivity contribution < 1.29 is 28.9 Å². The summed E-state index contributed by atoms with van der Waals surface area (Å²) in [7, 11) is 3.04. The van der Waals surface area contributed by atoms with E-state index in [1.807, 2.05) is 0 Å². The molecule has 5 rings (SSSR count). The zero-order valence-electron chi connectivity index (χ0n) is 23.0. The highest BCUT2D eigenvalue weighted by Crippen LogP contribution is 2.46. The van der Waals surface area contributed by atoms with Gasteiger partial charge < -0.3 is 19.3 Å². The number of hydrogen-bond acceptors (Lipinski definition) is 8. The van der Waals surface area contributed by atoms with Crippen LogP contribution in [-0.4, -0.2) is 42.6 Å². The average Bonchev–Trinajstić information content (AvgIpc) is 3.49. The van der Waals surface area contributed by atoms with Crippen LogP contribution in [0.5, 0.6) is 17.2 Å². The van der Waals surface area contributed by atoms with Gasteiger partial charge in [0.05, 0.1) is 42.7 Å². The van der Waals surface area contributed by atoms with Crippen molar-refractivity contribution in [2.24, 2.45) is 5.92 Å². The molecule has 1 amide bonds. The number of aliphatic hydroxyl groups is 1. The van der Waals surface area contributed by atoms with Crippen LogP contribution in [0, 0.1) is 5.92 Å². The molecule has 0 bridgehead atoms. The van der Waals surface area contributed by atoms with Gasteiger partial charge in [-0.1, -0.05) is 55.0 Å². The van der Waals surface area contributed by atoms with Crippen molar-refractivity contribution in [1.82, 2.24) is 4.98 Å². The van der Waals surface area contributed by atoms with Crippen molar-refractivity contribution in [3.63, 3.8) is 0 Å². The van der Waals surface area contributed by atoms with E-state index in [4.69, 9.17) is 25.8 Å². The molecule has 1 aliphatic heterocycles. The number of rotatable bonds is 9. The molecule has 1 unspecified atom stereocenters. The van der Waals surface area contributed by atoms with Gasteiger partial charge in [-0.05, 0) is 60.4 Å². The van der Waals surface area contributed by atoms with E-state index in [0.717, 1.165) is 11.1 Å². The Morgan fingerprint density at radius 2 is 1.85 bits per heavy atom. The topological polar surface area (TPSA) is 98.2 Å². The fourth-order valence-electron chi connectivity index (χ4n) is 4.64. The number of aliphatic hydroxyl groups excluding tert-OH is 1. The van der Waals surface area contributed by atoms with Gasteiger partial charge in [-0.25, -0.2) is 4.98 Å². The Hall–Kier alpha value is -4.08. The second-order valence-electron chi connectivity index (χ2n) is 9.95. The molecule has 1 atom stereocenters. The van der Waals surface area contributed by atoms with Gasteiger partial charge in [-0.2, -0.15) is 0 Å². The Labute approximate surface area is 246 Å². The average molecular weight is 593 g/mol. The minimum Gasteiger partial charge on any atom is -0.507 e. The zero-order chi connectivity index (χ0) is 29.3. The van der Waals surface area contributed by atoms with Gasteiger partial charge in [0.1, 0.15) is 11.5 Å². The highest BCUT2D eigenvalue weighted by molar-refractivity contribution is 7.22. The number of ether oxygens (including phenoxy) is 3. The molecular weight excluding hydrogens is 564 g/mol. The van der Waals surface area contributed by atoms with Crippen LogP contribution in [0.3, 0.4) is 0 Å². The molecule has 0 aliphatic carbocycles. The largest absolute Gasteiger partial charge is 0.507 e. The lowest BCUT2D eigenvalue weighted by Crippen LogP contribution is -2.29. The highest BCUT2D eigenvalue weighted by Gasteiger charge is 2.48. The standard InChI is InChI=1S/C31H29ClN2O6S/c1-17(2)12-13-40-23-11-8-18(15-24(23)39-4)27-26(28(35)19-6-5-7-21(14-19)38-3)29(36)30(37)34(27)31-33-22-10-9-20(32)16-25(22)41-31/h5-11,14-17,27,35H,12-13H2,1-4H3/b28-26+. The number of carbonyl (C=O) groups is 2. The van der Waals surface area contributed by atoms with Crippen LogP contribution in [0.2, 0.25) is 5.02 Å². The maximum Gasteiger partial charge on any atom is 0.301 e. The number of hydrogen-bond donors (Lipinski definition) is 1. The fraction of sp³-hybridized carbons (Fsp3) is 0.258. The van der Waals surface area contributed by atoms with E-state index < -0.39 is 17.7 Å². The Bertz CT molecular complexity index is 1660. The lowest BCUT2D eigenvalue weighted by molar-refractivity contribution is -0.132. The molecule has 1 fully saturated rings. The number of benzene rings is 3. The number of halogens is 1. The number of methoxy groups -OCH3 is 2. The molecule has 0 radical (unpaired) electrons. The third kappa shape index (κ3) is 5.60. The van der Waals surface area contributed by atoms with Gasteiger partial charge in [0.25, 0.3) is 5.78 Å². The van der Waals surface area contributed by atoms with Crippen LogP contribution in [0.15, 0.2) is 66.2 Å². The van der Waals surface area contributed by atoms with E-state index in [0.29, 0.717) is 56.6 Å². The molecular formula is C31H29ClN2O6S. The van der Waals surface area contributed by atoms with E-state index in [-0.39, 0.29) is 11.3 Å². The summed E-state index contributed by atoms with van der Waals surface area (Å²) in [6.07, 6.45) is 0.868. The first-order valence-electron chi connectivity index (χ1n) is 13.0. The molecule has 4 aromatic rings. The monoisotopic (exact) mass is 592 g/mol. The first kappa shape index (κ1) is 28.4. The second-order valence-corrected chi connectivity index (χ2v) is 11.4. The molecule has 3 aromatic carbocycles. The third-order valence-electron chi connectivity index (χ3n) is 6.79. The fourth-order valence-corrected chi connectivity index (χ4v) is 5.91. The van der Waals surface area contributed by atoms with Crippen molar-refractivity contribution in [1.29, 1.82) is 0 Å². The molecule has 8 nitrogen and oxygen atoms in total. The number of carbonyl (C=O) groups excluding carboxylic acids is 2. The molecule has 0 saturated carbocycles. The van der Waals surface area contributed by atoms with E-state index >= 15 is 0 Å². The number of Topliss-reactive ketones (excluding diaryl/α,β-unsaturated/α-hetero) is 1. The van der Waals surface area contributed by atoms with Crippen molar-refractivity contribution >= 4 is 55.7 Å². The predicted octanol–water partition coefficient (Wildman–Crippen LogP) is 7.02. The van der Waals surface area contributed by atoms with Crippen LogP contribution in [0.4, 0.5) is 5.13 Å². The Morgan fingerprint density at radius 1 is 1.05 bits per heavy atom.